The van der Waals surface area contributed by atoms with Crippen molar-refractivity contribution < 1.29 is 14.3 Å². The lowest BCUT2D eigenvalue weighted by Crippen LogP contribution is -2.28. The zero-order valence-corrected chi connectivity index (χ0v) is 10.5. The number of hydrogen-bond acceptors (Lipinski definition) is 3. The number of benzene rings is 1. The van der Waals surface area contributed by atoms with Gasteiger partial charge >= 0.3 is 0 Å². The molecule has 4 heteroatoms. The third-order valence-electron chi connectivity index (χ3n) is 2.91. The zero-order chi connectivity index (χ0) is 12.3. The molecule has 0 radical (unpaired) electrons. The van der Waals surface area contributed by atoms with Crippen LogP contribution in [-0.2, 0) is 4.74 Å². The zero-order valence-electron chi connectivity index (χ0n) is 9.74. The van der Waals surface area contributed by atoms with Gasteiger partial charge in [0.1, 0.15) is 11.9 Å². The second kappa shape index (κ2) is 5.52. The maximum absolute atomic E-state index is 12.1. The van der Waals surface area contributed by atoms with Crippen LogP contribution in [0.15, 0.2) is 18.2 Å². The van der Waals surface area contributed by atoms with Crippen LogP contribution in [0.4, 0.5) is 0 Å². The van der Waals surface area contributed by atoms with E-state index in [0.29, 0.717) is 22.9 Å². The molecule has 0 aromatic heterocycles. The van der Waals surface area contributed by atoms with Gasteiger partial charge in [0.2, 0.25) is 0 Å². The Morgan fingerprint density at radius 1 is 1.47 bits per heavy atom. The SMILES string of the molecule is COc1ccc(C(=O)C2CCCCO2)cc1Cl. The summed E-state index contributed by atoms with van der Waals surface area (Å²) < 4.78 is 10.5. The summed E-state index contributed by atoms with van der Waals surface area (Å²) in [6.45, 7) is 0.667. The number of carbonyl (C=O) groups is 1. The van der Waals surface area contributed by atoms with E-state index in [-0.39, 0.29) is 11.9 Å². The van der Waals surface area contributed by atoms with Crippen LogP contribution in [0, 0.1) is 0 Å². The van der Waals surface area contributed by atoms with Crippen LogP contribution in [0.3, 0.4) is 0 Å². The maximum Gasteiger partial charge on any atom is 0.191 e. The minimum absolute atomic E-state index is 0.00857. The van der Waals surface area contributed by atoms with Crippen LogP contribution in [0.25, 0.3) is 0 Å². The van der Waals surface area contributed by atoms with E-state index < -0.39 is 0 Å². The van der Waals surface area contributed by atoms with Crippen LogP contribution < -0.4 is 4.74 Å². The van der Waals surface area contributed by atoms with Crippen molar-refractivity contribution in [2.45, 2.75) is 25.4 Å². The van der Waals surface area contributed by atoms with Crippen molar-refractivity contribution in [1.29, 1.82) is 0 Å². The van der Waals surface area contributed by atoms with Gasteiger partial charge in [-0.15, -0.1) is 0 Å². The van der Waals surface area contributed by atoms with Crippen molar-refractivity contribution in [3.63, 3.8) is 0 Å². The molecular formula is C13H15ClO3. The number of ether oxygens (including phenoxy) is 2. The van der Waals surface area contributed by atoms with Crippen LogP contribution in [0.5, 0.6) is 5.75 Å². The highest BCUT2D eigenvalue weighted by Crippen LogP contribution is 2.26. The lowest BCUT2D eigenvalue weighted by atomic mass is 10.00. The summed E-state index contributed by atoms with van der Waals surface area (Å²) in [5, 5.41) is 0.453. The molecule has 1 aliphatic heterocycles. The molecule has 0 amide bonds. The summed E-state index contributed by atoms with van der Waals surface area (Å²) in [5.41, 5.74) is 0.586. The number of halogens is 1. The second-order valence-electron chi connectivity index (χ2n) is 4.07. The van der Waals surface area contributed by atoms with Crippen LogP contribution in [0.1, 0.15) is 29.6 Å². The second-order valence-corrected chi connectivity index (χ2v) is 4.48. The number of methoxy groups -OCH3 is 1. The Labute approximate surface area is 106 Å². The summed E-state index contributed by atoms with van der Waals surface area (Å²) in [7, 11) is 1.55. The summed E-state index contributed by atoms with van der Waals surface area (Å²) >= 11 is 5.99. The Morgan fingerprint density at radius 3 is 2.88 bits per heavy atom. The molecule has 1 aliphatic rings. The Balaban J connectivity index is 2.16. The average Bonchev–Trinajstić information content (AvgIpc) is 2.39. The molecule has 2 rings (SSSR count). The van der Waals surface area contributed by atoms with Gasteiger partial charge in [0.05, 0.1) is 12.1 Å². The molecular weight excluding hydrogens is 240 g/mol. The van der Waals surface area contributed by atoms with Gasteiger partial charge in [-0.05, 0) is 37.5 Å². The lowest BCUT2D eigenvalue weighted by molar-refractivity contribution is 0.0186. The average molecular weight is 255 g/mol. The number of carbonyl (C=O) groups excluding carboxylic acids is 1. The van der Waals surface area contributed by atoms with E-state index >= 15 is 0 Å². The van der Waals surface area contributed by atoms with Gasteiger partial charge in [0.15, 0.2) is 5.78 Å². The van der Waals surface area contributed by atoms with Crippen LogP contribution >= 0.6 is 11.6 Å². The molecule has 1 heterocycles. The summed E-state index contributed by atoms with van der Waals surface area (Å²) in [6, 6.07) is 5.07. The normalized spacial score (nSPS) is 20.0. The van der Waals surface area contributed by atoms with Crippen molar-refractivity contribution in [3.8, 4) is 5.75 Å². The van der Waals surface area contributed by atoms with Crippen molar-refractivity contribution >= 4 is 17.4 Å². The molecule has 1 aromatic carbocycles. The van der Waals surface area contributed by atoms with Gasteiger partial charge in [0.25, 0.3) is 0 Å². The van der Waals surface area contributed by atoms with E-state index in [0.717, 1.165) is 19.3 Å². The molecule has 1 unspecified atom stereocenters. The highest BCUT2D eigenvalue weighted by atomic mass is 35.5. The Kier molecular flexibility index (Phi) is 4.02. The Hall–Kier alpha value is -1.06. The monoisotopic (exact) mass is 254 g/mol. The van der Waals surface area contributed by atoms with E-state index in [2.05, 4.69) is 0 Å². The van der Waals surface area contributed by atoms with Gasteiger partial charge in [-0.1, -0.05) is 11.6 Å². The first-order valence-corrected chi connectivity index (χ1v) is 6.09. The standard InChI is InChI=1S/C13H15ClO3/c1-16-11-6-5-9(8-10(11)14)13(15)12-4-2-3-7-17-12/h5-6,8,12H,2-4,7H2,1H3. The topological polar surface area (TPSA) is 35.5 Å². The third-order valence-corrected chi connectivity index (χ3v) is 3.20. The predicted octanol–water partition coefficient (Wildman–Crippen LogP) is 3.10. The molecule has 0 aliphatic carbocycles. The molecule has 0 bridgehead atoms. The van der Waals surface area contributed by atoms with Crippen molar-refractivity contribution in [2.24, 2.45) is 0 Å². The fourth-order valence-electron chi connectivity index (χ4n) is 1.95. The molecule has 1 atom stereocenters. The van der Waals surface area contributed by atoms with Crippen molar-refractivity contribution in [1.82, 2.24) is 0 Å². The summed E-state index contributed by atoms with van der Waals surface area (Å²) in [6.07, 6.45) is 2.56. The van der Waals surface area contributed by atoms with E-state index in [1.54, 1.807) is 25.3 Å². The molecule has 1 fully saturated rings. The first kappa shape index (κ1) is 12.4. The fourth-order valence-corrected chi connectivity index (χ4v) is 2.21. The molecule has 1 saturated heterocycles. The van der Waals surface area contributed by atoms with Gasteiger partial charge in [-0.25, -0.2) is 0 Å². The minimum atomic E-state index is -0.312. The van der Waals surface area contributed by atoms with E-state index in [9.17, 15) is 4.79 Å². The largest absolute Gasteiger partial charge is 0.495 e. The fraction of sp³-hybridized carbons (Fsp3) is 0.462. The van der Waals surface area contributed by atoms with Gasteiger partial charge in [-0.3, -0.25) is 4.79 Å². The van der Waals surface area contributed by atoms with Crippen LogP contribution in [0.2, 0.25) is 5.02 Å². The van der Waals surface area contributed by atoms with E-state index in [1.165, 1.54) is 0 Å². The third kappa shape index (κ3) is 2.79. The quantitative estimate of drug-likeness (QED) is 0.778. The van der Waals surface area contributed by atoms with Gasteiger partial charge in [-0.2, -0.15) is 0 Å². The lowest BCUT2D eigenvalue weighted by Gasteiger charge is -2.21. The molecule has 17 heavy (non-hydrogen) atoms. The van der Waals surface area contributed by atoms with Gasteiger partial charge < -0.3 is 9.47 Å². The van der Waals surface area contributed by atoms with Crippen molar-refractivity contribution in [3.05, 3.63) is 28.8 Å². The molecule has 1 aromatic rings. The number of hydrogen-bond donors (Lipinski definition) is 0. The number of Topliss-reactive ketones (excluding diaryl/α,β-unsaturated/α-hetero) is 1. The van der Waals surface area contributed by atoms with E-state index in [1.807, 2.05) is 0 Å². The Morgan fingerprint density at radius 2 is 2.29 bits per heavy atom. The number of ketones is 1. The van der Waals surface area contributed by atoms with Crippen LogP contribution in [-0.4, -0.2) is 25.6 Å². The summed E-state index contributed by atoms with van der Waals surface area (Å²) in [5.74, 6) is 0.585. The molecule has 3 nitrogen and oxygen atoms in total. The molecule has 0 spiro atoms. The Bertz CT molecular complexity index is 411. The summed E-state index contributed by atoms with van der Waals surface area (Å²) in [4.78, 5) is 12.1. The number of rotatable bonds is 3. The minimum Gasteiger partial charge on any atom is -0.495 e. The molecule has 92 valence electrons. The van der Waals surface area contributed by atoms with Gasteiger partial charge in [0, 0.05) is 12.2 Å². The molecule has 0 saturated carbocycles. The predicted molar refractivity (Wildman–Crippen MR) is 65.9 cm³/mol. The van der Waals surface area contributed by atoms with Crippen molar-refractivity contribution in [2.75, 3.05) is 13.7 Å². The maximum atomic E-state index is 12.1. The highest BCUT2D eigenvalue weighted by Gasteiger charge is 2.23. The molecule has 0 N–H and O–H groups in total. The van der Waals surface area contributed by atoms with E-state index in [4.69, 9.17) is 21.1 Å². The first-order chi connectivity index (χ1) is 8.22. The smallest absolute Gasteiger partial charge is 0.191 e. The first-order valence-electron chi connectivity index (χ1n) is 5.71. The highest BCUT2D eigenvalue weighted by molar-refractivity contribution is 6.32.